The van der Waals surface area contributed by atoms with E-state index in [4.69, 9.17) is 32.5 Å². The third-order valence-electron chi connectivity index (χ3n) is 4.89. The molecule has 2 saturated carbocycles. The van der Waals surface area contributed by atoms with Crippen LogP contribution < -0.4 is 0 Å². The molecular weight excluding hydrogens is 361 g/mol. The molecule has 0 aliphatic heterocycles. The summed E-state index contributed by atoms with van der Waals surface area (Å²) in [6.07, 6.45) is 6.29. The van der Waals surface area contributed by atoms with E-state index in [1.165, 1.54) is 0 Å². The minimum atomic E-state index is -0.310. The Kier molecular flexibility index (Phi) is 5.05. The number of hydrogen-bond donors (Lipinski definition) is 1. The van der Waals surface area contributed by atoms with Gasteiger partial charge in [-0.25, -0.2) is 0 Å². The first-order valence-corrected chi connectivity index (χ1v) is 9.45. The van der Waals surface area contributed by atoms with Crippen LogP contribution in [0.3, 0.4) is 0 Å². The van der Waals surface area contributed by atoms with Crippen LogP contribution >= 0.6 is 23.2 Å². The van der Waals surface area contributed by atoms with Crippen molar-refractivity contribution < 1.29 is 14.4 Å². The van der Waals surface area contributed by atoms with E-state index >= 15 is 0 Å². The molecule has 0 saturated heterocycles. The molecule has 0 unspecified atom stereocenters. The van der Waals surface area contributed by atoms with E-state index in [1.807, 2.05) is 12.5 Å². The number of hydrogen-bond acceptors (Lipinski definition) is 4. The number of nitrogens with zero attached hydrogens (tertiary/aromatic N) is 1. The highest BCUT2D eigenvalue weighted by Gasteiger charge is 2.34. The lowest BCUT2D eigenvalue weighted by molar-refractivity contribution is 0.00676. The number of rotatable bonds is 5. The zero-order valence-corrected chi connectivity index (χ0v) is 15.3. The molecule has 1 N–H and O–H groups in total. The molecule has 0 amide bonds. The quantitative estimate of drug-likeness (QED) is 0.777. The zero-order chi connectivity index (χ0) is 17.4. The third kappa shape index (κ3) is 3.72. The van der Waals surface area contributed by atoms with Crippen LogP contribution in [0.15, 0.2) is 22.7 Å². The molecule has 1 heterocycles. The van der Waals surface area contributed by atoms with E-state index in [1.54, 1.807) is 12.1 Å². The monoisotopic (exact) mass is 380 g/mol. The lowest BCUT2D eigenvalue weighted by Gasteiger charge is -2.25. The molecule has 25 heavy (non-hydrogen) atoms. The summed E-state index contributed by atoms with van der Waals surface area (Å²) in [5.74, 6) is 1.31. The van der Waals surface area contributed by atoms with Crippen molar-refractivity contribution in [1.82, 2.24) is 5.16 Å². The van der Waals surface area contributed by atoms with Crippen molar-refractivity contribution in [3.05, 3.63) is 46.0 Å². The van der Waals surface area contributed by atoms with Crippen molar-refractivity contribution >= 4 is 23.2 Å². The molecule has 2 aliphatic rings. The Bertz CT molecular complexity index is 729. The molecule has 2 aromatic rings. The molecule has 2 aliphatic carbocycles. The third-order valence-corrected chi connectivity index (χ3v) is 5.52. The summed E-state index contributed by atoms with van der Waals surface area (Å²) in [5, 5.41) is 15.0. The fraction of sp³-hybridized carbons (Fsp3) is 0.474. The second-order valence-electron chi connectivity index (χ2n) is 6.79. The highest BCUT2D eigenvalue weighted by molar-refractivity contribution is 6.39. The largest absolute Gasteiger partial charge is 0.393 e. The van der Waals surface area contributed by atoms with E-state index < -0.39 is 0 Å². The second-order valence-corrected chi connectivity index (χ2v) is 7.61. The molecular formula is C19H20Cl2NO3. The van der Waals surface area contributed by atoms with Gasteiger partial charge in [-0.3, -0.25) is 0 Å². The van der Waals surface area contributed by atoms with Crippen molar-refractivity contribution in [3.63, 3.8) is 0 Å². The summed E-state index contributed by atoms with van der Waals surface area (Å²) < 4.78 is 11.8. The number of aromatic nitrogens is 1. The Morgan fingerprint density at radius 2 is 1.92 bits per heavy atom. The van der Waals surface area contributed by atoms with Crippen LogP contribution in [0.4, 0.5) is 0 Å². The van der Waals surface area contributed by atoms with Crippen molar-refractivity contribution in [2.45, 2.75) is 56.8 Å². The van der Waals surface area contributed by atoms with Gasteiger partial charge in [-0.15, -0.1) is 0 Å². The van der Waals surface area contributed by atoms with Gasteiger partial charge < -0.3 is 14.4 Å². The molecule has 0 spiro atoms. The fourth-order valence-electron chi connectivity index (χ4n) is 3.30. The van der Waals surface area contributed by atoms with Gasteiger partial charge in [0.25, 0.3) is 0 Å². The lowest BCUT2D eigenvalue weighted by atomic mass is 9.95. The van der Waals surface area contributed by atoms with Crippen molar-refractivity contribution in [3.8, 4) is 11.3 Å². The van der Waals surface area contributed by atoms with Crippen molar-refractivity contribution in [2.75, 3.05) is 0 Å². The van der Waals surface area contributed by atoms with Gasteiger partial charge in [0.05, 0.1) is 28.9 Å². The molecule has 4 nitrogen and oxygen atoms in total. The first kappa shape index (κ1) is 17.3. The lowest BCUT2D eigenvalue weighted by Crippen LogP contribution is -2.24. The molecule has 4 rings (SSSR count). The molecule has 6 heteroatoms. The predicted octanol–water partition coefficient (Wildman–Crippen LogP) is 5.16. The summed E-state index contributed by atoms with van der Waals surface area (Å²) in [7, 11) is 0. The number of benzene rings is 1. The first-order valence-electron chi connectivity index (χ1n) is 8.69. The van der Waals surface area contributed by atoms with Gasteiger partial charge in [-0.1, -0.05) is 34.4 Å². The highest BCUT2D eigenvalue weighted by Crippen LogP contribution is 2.46. The van der Waals surface area contributed by atoms with Gasteiger partial charge in [-0.05, 0) is 50.7 Å². The Hall–Kier alpha value is -1.07. The summed E-state index contributed by atoms with van der Waals surface area (Å²) in [4.78, 5) is 0. The summed E-state index contributed by atoms with van der Waals surface area (Å²) in [5.41, 5.74) is 2.33. The minimum absolute atomic E-state index is 0.111. The second kappa shape index (κ2) is 7.28. The van der Waals surface area contributed by atoms with Crippen LogP contribution in [0.2, 0.25) is 10.0 Å². The molecule has 2 atom stereocenters. The molecule has 0 bridgehead atoms. The van der Waals surface area contributed by atoms with Gasteiger partial charge in [-0.2, -0.15) is 0 Å². The van der Waals surface area contributed by atoms with Crippen LogP contribution in [0, 0.1) is 6.42 Å². The first-order chi connectivity index (χ1) is 12.1. The smallest absolute Gasteiger partial charge is 0.145 e. The van der Waals surface area contributed by atoms with E-state index in [9.17, 15) is 5.11 Å². The number of halogens is 2. The standard InChI is InChI=1S/C19H20Cl2NO3/c20-15-2-1-3-16(21)17(15)18-14(19(25-22-18)11-4-5-11)10-24-13-8-6-12(23)7-9-13/h1-3,6,11-13,23H,4-5,7-10H2/t12-,13-/m0/s1. The van der Waals surface area contributed by atoms with Gasteiger partial charge in [0, 0.05) is 17.0 Å². The minimum Gasteiger partial charge on any atom is -0.393 e. The van der Waals surface area contributed by atoms with Gasteiger partial charge in [0.1, 0.15) is 11.5 Å². The van der Waals surface area contributed by atoms with Crippen LogP contribution in [0.25, 0.3) is 11.3 Å². The Morgan fingerprint density at radius 1 is 1.16 bits per heavy atom. The highest BCUT2D eigenvalue weighted by atomic mass is 35.5. The number of aliphatic hydroxyl groups excluding tert-OH is 1. The Morgan fingerprint density at radius 3 is 2.56 bits per heavy atom. The predicted molar refractivity (Wildman–Crippen MR) is 96.7 cm³/mol. The summed E-state index contributed by atoms with van der Waals surface area (Å²) in [6.45, 7) is 0.417. The van der Waals surface area contributed by atoms with Crippen molar-refractivity contribution in [1.29, 1.82) is 0 Å². The maximum absolute atomic E-state index is 9.59. The fourth-order valence-corrected chi connectivity index (χ4v) is 3.88. The Labute approximate surface area is 157 Å². The number of aliphatic hydroxyl groups is 1. The Balaban J connectivity index is 1.60. The maximum atomic E-state index is 9.59. The molecule has 133 valence electrons. The van der Waals surface area contributed by atoms with Gasteiger partial charge >= 0.3 is 0 Å². The van der Waals surface area contributed by atoms with E-state index in [0.717, 1.165) is 43.4 Å². The summed E-state index contributed by atoms with van der Waals surface area (Å²) >= 11 is 12.7. The SMILES string of the molecule is O[C@H]1[CH]C[C@H](OCc2c(-c3c(Cl)cccc3Cl)noc2C2CC2)CC1. The van der Waals surface area contributed by atoms with Crippen LogP contribution in [-0.4, -0.2) is 22.5 Å². The normalized spacial score (nSPS) is 23.8. The average Bonchev–Trinajstić information content (AvgIpc) is 3.36. The molecule has 1 aromatic carbocycles. The summed E-state index contributed by atoms with van der Waals surface area (Å²) in [6, 6.07) is 5.42. The molecule has 1 aromatic heterocycles. The topological polar surface area (TPSA) is 55.5 Å². The molecule has 1 radical (unpaired) electrons. The number of ether oxygens (including phenoxy) is 1. The van der Waals surface area contributed by atoms with E-state index in [0.29, 0.717) is 33.8 Å². The van der Waals surface area contributed by atoms with E-state index in [-0.39, 0.29) is 12.2 Å². The van der Waals surface area contributed by atoms with Gasteiger partial charge in [0.15, 0.2) is 0 Å². The maximum Gasteiger partial charge on any atom is 0.145 e. The van der Waals surface area contributed by atoms with Crippen LogP contribution in [-0.2, 0) is 11.3 Å². The van der Waals surface area contributed by atoms with E-state index in [2.05, 4.69) is 5.16 Å². The van der Waals surface area contributed by atoms with Crippen LogP contribution in [0.1, 0.15) is 49.3 Å². The van der Waals surface area contributed by atoms with Crippen LogP contribution in [0.5, 0.6) is 0 Å². The average molecular weight is 381 g/mol. The molecule has 2 fully saturated rings. The van der Waals surface area contributed by atoms with Gasteiger partial charge in [0.2, 0.25) is 0 Å². The zero-order valence-electron chi connectivity index (χ0n) is 13.8. The van der Waals surface area contributed by atoms with Crippen molar-refractivity contribution in [2.24, 2.45) is 0 Å².